The first-order chi connectivity index (χ1) is 14.1. The van der Waals surface area contributed by atoms with E-state index < -0.39 is 0 Å². The fourth-order valence-electron chi connectivity index (χ4n) is 3.36. The summed E-state index contributed by atoms with van der Waals surface area (Å²) in [6.45, 7) is 5.10. The van der Waals surface area contributed by atoms with Gasteiger partial charge in [0.2, 0.25) is 6.79 Å². The first-order valence-corrected chi connectivity index (χ1v) is 9.62. The van der Waals surface area contributed by atoms with Crippen molar-refractivity contribution in [3.8, 4) is 11.5 Å². The average Bonchev–Trinajstić information content (AvgIpc) is 3.22. The summed E-state index contributed by atoms with van der Waals surface area (Å²) < 4.78 is 15.6. The van der Waals surface area contributed by atoms with Crippen molar-refractivity contribution in [1.82, 2.24) is 4.90 Å². The minimum Gasteiger partial charge on any atom is -0.454 e. The van der Waals surface area contributed by atoms with Crippen LogP contribution in [0, 0.1) is 0 Å². The largest absolute Gasteiger partial charge is 0.454 e. The molecule has 0 bridgehead atoms. The monoisotopic (exact) mass is 397 g/mol. The SMILES string of the molecule is CCOC(=O)N1CCN(c2ccc(NC(=O)c3ccc4c(c3)OCO4)cc2)CC1. The number of carbonyl (C=O) groups is 2. The lowest BCUT2D eigenvalue weighted by molar-refractivity contribution is 0.102. The van der Waals surface area contributed by atoms with Gasteiger partial charge in [-0.3, -0.25) is 4.79 Å². The molecule has 1 fully saturated rings. The van der Waals surface area contributed by atoms with Gasteiger partial charge in [0.25, 0.3) is 5.91 Å². The zero-order valence-electron chi connectivity index (χ0n) is 16.2. The molecule has 2 aromatic carbocycles. The highest BCUT2D eigenvalue weighted by atomic mass is 16.7. The first kappa shape index (κ1) is 18.9. The van der Waals surface area contributed by atoms with E-state index in [1.54, 1.807) is 30.0 Å². The van der Waals surface area contributed by atoms with Crippen molar-refractivity contribution in [2.75, 3.05) is 49.8 Å². The van der Waals surface area contributed by atoms with Crippen molar-refractivity contribution < 1.29 is 23.8 Å². The highest BCUT2D eigenvalue weighted by Crippen LogP contribution is 2.32. The zero-order valence-corrected chi connectivity index (χ0v) is 16.2. The van der Waals surface area contributed by atoms with Gasteiger partial charge >= 0.3 is 6.09 Å². The second-order valence-corrected chi connectivity index (χ2v) is 6.74. The van der Waals surface area contributed by atoms with Crippen molar-refractivity contribution in [1.29, 1.82) is 0 Å². The minimum atomic E-state index is -0.256. The topological polar surface area (TPSA) is 80.3 Å². The third kappa shape index (κ3) is 4.21. The molecule has 0 radical (unpaired) electrons. The summed E-state index contributed by atoms with van der Waals surface area (Å²) in [6.07, 6.45) is -0.256. The lowest BCUT2D eigenvalue weighted by Crippen LogP contribution is -2.49. The lowest BCUT2D eigenvalue weighted by Gasteiger charge is -2.35. The molecule has 0 aromatic heterocycles. The Bertz CT molecular complexity index is 892. The number of piperazine rings is 1. The number of rotatable bonds is 4. The van der Waals surface area contributed by atoms with E-state index in [1.807, 2.05) is 24.3 Å². The summed E-state index contributed by atoms with van der Waals surface area (Å²) in [6, 6.07) is 12.8. The summed E-state index contributed by atoms with van der Waals surface area (Å²) in [5.74, 6) is 1.02. The number of carbonyl (C=O) groups excluding carboxylic acids is 2. The number of hydrogen-bond donors (Lipinski definition) is 1. The molecule has 29 heavy (non-hydrogen) atoms. The highest BCUT2D eigenvalue weighted by Gasteiger charge is 2.22. The van der Waals surface area contributed by atoms with Crippen LogP contribution in [-0.2, 0) is 4.74 Å². The Morgan fingerprint density at radius 3 is 2.45 bits per heavy atom. The maximum atomic E-state index is 12.5. The molecule has 152 valence electrons. The third-order valence-corrected chi connectivity index (χ3v) is 4.93. The van der Waals surface area contributed by atoms with Crippen LogP contribution in [0.1, 0.15) is 17.3 Å². The number of amides is 2. The molecular formula is C21H23N3O5. The van der Waals surface area contributed by atoms with Crippen LogP contribution in [0.25, 0.3) is 0 Å². The van der Waals surface area contributed by atoms with Gasteiger partial charge < -0.3 is 29.3 Å². The van der Waals surface area contributed by atoms with Gasteiger partial charge in [-0.25, -0.2) is 4.79 Å². The van der Waals surface area contributed by atoms with Crippen LogP contribution in [0.2, 0.25) is 0 Å². The molecule has 0 aliphatic carbocycles. The Labute approximate surface area is 168 Å². The molecule has 2 aliphatic heterocycles. The maximum Gasteiger partial charge on any atom is 0.409 e. The molecule has 1 N–H and O–H groups in total. The normalized spacial score (nSPS) is 15.2. The molecule has 0 saturated carbocycles. The van der Waals surface area contributed by atoms with E-state index >= 15 is 0 Å². The first-order valence-electron chi connectivity index (χ1n) is 9.62. The van der Waals surface area contributed by atoms with Crippen LogP contribution in [0.4, 0.5) is 16.2 Å². The van der Waals surface area contributed by atoms with Crippen molar-refractivity contribution in [3.63, 3.8) is 0 Å². The standard InChI is InChI=1S/C21H23N3O5/c1-2-27-21(26)24-11-9-23(10-12-24)17-6-4-16(5-7-17)22-20(25)15-3-8-18-19(13-15)29-14-28-18/h3-8,13H,2,9-12,14H2,1H3,(H,22,25). The van der Waals surface area contributed by atoms with E-state index in [1.165, 1.54) is 0 Å². The summed E-state index contributed by atoms with van der Waals surface area (Å²) in [4.78, 5) is 28.2. The van der Waals surface area contributed by atoms with Gasteiger partial charge in [0.05, 0.1) is 6.61 Å². The van der Waals surface area contributed by atoms with E-state index in [0.29, 0.717) is 42.4 Å². The Kier molecular flexibility index (Phi) is 5.41. The Hall–Kier alpha value is -3.42. The number of benzene rings is 2. The number of ether oxygens (including phenoxy) is 3. The van der Waals surface area contributed by atoms with Crippen LogP contribution in [0.5, 0.6) is 11.5 Å². The summed E-state index contributed by atoms with van der Waals surface area (Å²) >= 11 is 0. The zero-order chi connectivity index (χ0) is 20.2. The smallest absolute Gasteiger partial charge is 0.409 e. The predicted octanol–water partition coefficient (Wildman–Crippen LogP) is 2.95. The molecular weight excluding hydrogens is 374 g/mol. The fourth-order valence-corrected chi connectivity index (χ4v) is 3.36. The van der Waals surface area contributed by atoms with Crippen LogP contribution in [0.3, 0.4) is 0 Å². The van der Waals surface area contributed by atoms with Crippen molar-refractivity contribution in [2.24, 2.45) is 0 Å². The lowest BCUT2D eigenvalue weighted by atomic mass is 10.1. The van der Waals surface area contributed by atoms with Crippen molar-refractivity contribution >= 4 is 23.4 Å². The molecule has 2 aromatic rings. The molecule has 2 aliphatic rings. The summed E-state index contributed by atoms with van der Waals surface area (Å²) in [7, 11) is 0. The fraction of sp³-hybridized carbons (Fsp3) is 0.333. The minimum absolute atomic E-state index is 0.177. The summed E-state index contributed by atoms with van der Waals surface area (Å²) in [5.41, 5.74) is 2.27. The van der Waals surface area contributed by atoms with Crippen molar-refractivity contribution in [2.45, 2.75) is 6.92 Å². The van der Waals surface area contributed by atoms with Gasteiger partial charge in [0, 0.05) is 43.1 Å². The Morgan fingerprint density at radius 2 is 1.72 bits per heavy atom. The molecule has 0 unspecified atom stereocenters. The van der Waals surface area contributed by atoms with Crippen LogP contribution in [-0.4, -0.2) is 56.5 Å². The van der Waals surface area contributed by atoms with Crippen LogP contribution >= 0.6 is 0 Å². The van der Waals surface area contributed by atoms with Gasteiger partial charge in [0.1, 0.15) is 0 Å². The van der Waals surface area contributed by atoms with Gasteiger partial charge in [-0.05, 0) is 49.4 Å². The van der Waals surface area contributed by atoms with Gasteiger partial charge in [-0.1, -0.05) is 0 Å². The molecule has 2 amide bonds. The number of nitrogens with one attached hydrogen (secondary N) is 1. The third-order valence-electron chi connectivity index (χ3n) is 4.93. The van der Waals surface area contributed by atoms with Gasteiger partial charge in [0.15, 0.2) is 11.5 Å². The number of nitrogens with zero attached hydrogens (tertiary/aromatic N) is 2. The molecule has 4 rings (SSSR count). The second-order valence-electron chi connectivity index (χ2n) is 6.74. The molecule has 8 nitrogen and oxygen atoms in total. The number of anilines is 2. The Morgan fingerprint density at radius 1 is 1.00 bits per heavy atom. The highest BCUT2D eigenvalue weighted by molar-refractivity contribution is 6.04. The quantitative estimate of drug-likeness (QED) is 0.855. The molecule has 8 heteroatoms. The number of hydrogen-bond acceptors (Lipinski definition) is 6. The van der Waals surface area contributed by atoms with E-state index in [0.717, 1.165) is 18.8 Å². The van der Waals surface area contributed by atoms with Gasteiger partial charge in [-0.2, -0.15) is 0 Å². The average molecular weight is 397 g/mol. The Balaban J connectivity index is 1.34. The van der Waals surface area contributed by atoms with Crippen LogP contribution < -0.4 is 19.7 Å². The van der Waals surface area contributed by atoms with Gasteiger partial charge in [-0.15, -0.1) is 0 Å². The molecule has 1 saturated heterocycles. The molecule has 0 atom stereocenters. The number of fused-ring (bicyclic) bond motifs is 1. The maximum absolute atomic E-state index is 12.5. The van der Waals surface area contributed by atoms with Crippen molar-refractivity contribution in [3.05, 3.63) is 48.0 Å². The second kappa shape index (κ2) is 8.30. The van der Waals surface area contributed by atoms with Crippen LogP contribution in [0.15, 0.2) is 42.5 Å². The van der Waals surface area contributed by atoms with E-state index in [2.05, 4.69) is 10.2 Å². The molecule has 0 spiro atoms. The van der Waals surface area contributed by atoms with E-state index in [9.17, 15) is 9.59 Å². The molecule has 2 heterocycles. The predicted molar refractivity (Wildman–Crippen MR) is 108 cm³/mol. The van der Waals surface area contributed by atoms with E-state index in [-0.39, 0.29) is 18.8 Å². The van der Waals surface area contributed by atoms with E-state index in [4.69, 9.17) is 14.2 Å². The summed E-state index contributed by atoms with van der Waals surface area (Å²) in [5, 5.41) is 2.89.